The second kappa shape index (κ2) is 11.6. The molecule has 14 heteroatoms. The van der Waals surface area contributed by atoms with Crippen LogP contribution in [-0.2, 0) is 4.79 Å². The van der Waals surface area contributed by atoms with Crippen molar-refractivity contribution in [3.8, 4) is 23.1 Å². The van der Waals surface area contributed by atoms with Gasteiger partial charge in [-0.3, -0.25) is 5.32 Å². The number of hydrogen-bond donors (Lipinski definition) is 2. The van der Waals surface area contributed by atoms with Gasteiger partial charge in [-0.05, 0) is 57.0 Å². The Morgan fingerprint density at radius 3 is 2.51 bits per heavy atom. The number of ether oxygens (including phenoxy) is 4. The lowest BCUT2D eigenvalue weighted by atomic mass is 10.1. The Labute approximate surface area is 232 Å². The molecule has 1 saturated heterocycles. The third kappa shape index (κ3) is 6.32. The summed E-state index contributed by atoms with van der Waals surface area (Å²) in [6.45, 7) is 3.11. The van der Waals surface area contributed by atoms with Crippen LogP contribution in [0.25, 0.3) is 21.8 Å². The molecule has 1 aliphatic rings. The fourth-order valence-electron chi connectivity index (χ4n) is 4.52. The fraction of sp³-hybridized carbons (Fsp3) is 0.370. The zero-order valence-corrected chi connectivity index (χ0v) is 22.5. The number of nitrogens with one attached hydrogen (secondary N) is 2. The lowest BCUT2D eigenvalue weighted by molar-refractivity contribution is -0.189. The highest BCUT2D eigenvalue weighted by Crippen LogP contribution is 2.33. The number of aromatic nitrogens is 4. The Balaban J connectivity index is 1.48. The first-order valence-electron chi connectivity index (χ1n) is 12.8. The van der Waals surface area contributed by atoms with E-state index < -0.39 is 18.0 Å². The predicted molar refractivity (Wildman–Crippen MR) is 143 cm³/mol. The van der Waals surface area contributed by atoms with Gasteiger partial charge in [0.1, 0.15) is 22.8 Å². The minimum absolute atomic E-state index is 0.0476. The van der Waals surface area contributed by atoms with Gasteiger partial charge in [0.15, 0.2) is 0 Å². The monoisotopic (exact) mass is 572 g/mol. The lowest BCUT2D eigenvalue weighted by Crippen LogP contribution is -2.28. The van der Waals surface area contributed by atoms with Gasteiger partial charge in [0.2, 0.25) is 17.8 Å². The Morgan fingerprint density at radius 2 is 1.80 bits per heavy atom. The second-order valence-corrected chi connectivity index (χ2v) is 9.33. The molecule has 11 nitrogen and oxygen atoms in total. The van der Waals surface area contributed by atoms with Gasteiger partial charge in [0, 0.05) is 17.5 Å². The Bertz CT molecular complexity index is 1590. The van der Waals surface area contributed by atoms with Crippen molar-refractivity contribution < 1.29 is 36.9 Å². The van der Waals surface area contributed by atoms with Crippen LogP contribution in [0.5, 0.6) is 23.1 Å². The molecular weight excluding hydrogens is 545 g/mol. The Kier molecular flexibility index (Phi) is 7.92. The molecule has 2 aromatic heterocycles. The van der Waals surface area contributed by atoms with Gasteiger partial charge in [0.25, 0.3) is 0 Å². The number of carbonyl (C=O) groups is 1. The van der Waals surface area contributed by atoms with Crippen LogP contribution in [0.15, 0.2) is 30.3 Å². The first kappa shape index (κ1) is 28.1. The van der Waals surface area contributed by atoms with Crippen molar-refractivity contribution in [2.45, 2.75) is 38.4 Å². The largest absolute Gasteiger partial charge is 0.497 e. The summed E-state index contributed by atoms with van der Waals surface area (Å²) < 4.78 is 60.5. The average Bonchev–Trinajstić information content (AvgIpc) is 3.46. The summed E-state index contributed by atoms with van der Waals surface area (Å²) in [5.41, 5.74) is 1.23. The van der Waals surface area contributed by atoms with E-state index in [1.54, 1.807) is 25.1 Å². The number of fused-ring (bicyclic) bond motifs is 2. The number of nitrogens with zero attached hydrogens (tertiary/aromatic N) is 4. The molecule has 0 radical (unpaired) electrons. The molecule has 216 valence electrons. The van der Waals surface area contributed by atoms with Crippen molar-refractivity contribution in [2.75, 3.05) is 32.7 Å². The van der Waals surface area contributed by atoms with Gasteiger partial charge in [-0.2, -0.15) is 18.2 Å². The summed E-state index contributed by atoms with van der Waals surface area (Å²) in [5, 5.41) is 6.91. The van der Waals surface area contributed by atoms with Crippen LogP contribution < -0.4 is 29.6 Å². The third-order valence-electron chi connectivity index (χ3n) is 6.56. The van der Waals surface area contributed by atoms with E-state index in [0.717, 1.165) is 25.8 Å². The van der Waals surface area contributed by atoms with Crippen molar-refractivity contribution >= 4 is 39.7 Å². The SMILES string of the molecule is COc1cc(OC)c2nc(Nc3nc(OC(=O)C(F)(F)F)c4cc(OCCC5CCCN5)ccc4n3)nc(C)c2c1. The molecule has 0 bridgehead atoms. The van der Waals surface area contributed by atoms with Gasteiger partial charge in [-0.25, -0.2) is 19.7 Å². The van der Waals surface area contributed by atoms with Gasteiger partial charge < -0.3 is 24.3 Å². The smallest absolute Gasteiger partial charge is 0.491 e. The van der Waals surface area contributed by atoms with Crippen molar-refractivity contribution in [3.05, 3.63) is 36.0 Å². The molecule has 0 amide bonds. The van der Waals surface area contributed by atoms with E-state index in [2.05, 4.69) is 35.3 Å². The van der Waals surface area contributed by atoms with E-state index in [-0.39, 0.29) is 22.8 Å². The second-order valence-electron chi connectivity index (χ2n) is 9.33. The summed E-state index contributed by atoms with van der Waals surface area (Å²) >= 11 is 0. The van der Waals surface area contributed by atoms with E-state index in [1.165, 1.54) is 26.4 Å². The van der Waals surface area contributed by atoms with E-state index in [1.807, 2.05) is 0 Å². The number of aryl methyl sites for hydroxylation is 1. The van der Waals surface area contributed by atoms with E-state index in [4.69, 9.17) is 14.2 Å². The van der Waals surface area contributed by atoms with Crippen LogP contribution in [0.2, 0.25) is 0 Å². The normalized spacial score (nSPS) is 15.2. The van der Waals surface area contributed by atoms with Gasteiger partial charge in [-0.1, -0.05) is 0 Å². The summed E-state index contributed by atoms with van der Waals surface area (Å²) in [6, 6.07) is 8.38. The number of halogens is 3. The Hall–Kier alpha value is -4.46. The van der Waals surface area contributed by atoms with Crippen LogP contribution in [-0.4, -0.2) is 65.5 Å². The lowest BCUT2D eigenvalue weighted by Gasteiger charge is -2.14. The summed E-state index contributed by atoms with van der Waals surface area (Å²) in [7, 11) is 3.01. The number of esters is 1. The van der Waals surface area contributed by atoms with Gasteiger partial charge >= 0.3 is 12.1 Å². The number of benzene rings is 2. The molecule has 5 rings (SSSR count). The number of alkyl halides is 3. The maximum Gasteiger partial charge on any atom is 0.491 e. The third-order valence-corrected chi connectivity index (χ3v) is 6.56. The molecule has 1 aliphatic heterocycles. The molecule has 0 saturated carbocycles. The van der Waals surface area contributed by atoms with Crippen LogP contribution in [0.1, 0.15) is 25.0 Å². The molecule has 1 fully saturated rings. The molecule has 2 N–H and O–H groups in total. The highest BCUT2D eigenvalue weighted by Gasteiger charge is 2.42. The highest BCUT2D eigenvalue weighted by atomic mass is 19.4. The number of rotatable bonds is 9. The standard InChI is InChI=1S/C27H27F3N6O5/c1-14-18-12-17(38-2)13-21(39-3)22(18)34-25(32-14)36-26-33-20-7-6-16(40-10-8-15-5-4-9-31-15)11-19(20)23(35-26)41-24(37)27(28,29)30/h6-7,11-13,15,31H,4-5,8-10H2,1-3H3,(H,32,33,34,35,36). The zero-order chi connectivity index (χ0) is 29.1. The average molecular weight is 573 g/mol. The fourth-order valence-corrected chi connectivity index (χ4v) is 4.52. The molecule has 4 aromatic rings. The number of anilines is 2. The van der Waals surface area contributed by atoms with Crippen molar-refractivity contribution in [1.82, 2.24) is 25.3 Å². The quantitative estimate of drug-likeness (QED) is 0.272. The van der Waals surface area contributed by atoms with E-state index in [9.17, 15) is 18.0 Å². The molecule has 1 atom stereocenters. The van der Waals surface area contributed by atoms with Crippen LogP contribution >= 0.6 is 0 Å². The zero-order valence-electron chi connectivity index (χ0n) is 22.5. The maximum absolute atomic E-state index is 13.1. The Morgan fingerprint density at radius 1 is 1.02 bits per heavy atom. The van der Waals surface area contributed by atoms with E-state index in [0.29, 0.717) is 46.5 Å². The van der Waals surface area contributed by atoms with Gasteiger partial charge in [0.05, 0.1) is 37.4 Å². The first-order valence-corrected chi connectivity index (χ1v) is 12.8. The molecular formula is C27H27F3N6O5. The maximum atomic E-state index is 13.1. The molecule has 1 unspecified atom stereocenters. The predicted octanol–water partition coefficient (Wildman–Crippen LogP) is 4.63. The van der Waals surface area contributed by atoms with Crippen molar-refractivity contribution in [2.24, 2.45) is 0 Å². The van der Waals surface area contributed by atoms with Crippen LogP contribution in [0, 0.1) is 6.92 Å². The van der Waals surface area contributed by atoms with E-state index >= 15 is 0 Å². The summed E-state index contributed by atoms with van der Waals surface area (Å²) in [6.07, 6.45) is -2.29. The molecule has 3 heterocycles. The molecule has 0 aliphatic carbocycles. The number of carbonyl (C=O) groups excluding carboxylic acids is 1. The summed E-state index contributed by atoms with van der Waals surface area (Å²) in [4.78, 5) is 29.1. The minimum atomic E-state index is -5.23. The topological polar surface area (TPSA) is 130 Å². The van der Waals surface area contributed by atoms with Gasteiger partial charge in [-0.15, -0.1) is 0 Å². The summed E-state index contributed by atoms with van der Waals surface area (Å²) in [5.74, 6) is -1.81. The van der Waals surface area contributed by atoms with Crippen LogP contribution in [0.3, 0.4) is 0 Å². The van der Waals surface area contributed by atoms with Crippen molar-refractivity contribution in [1.29, 1.82) is 0 Å². The highest BCUT2D eigenvalue weighted by molar-refractivity contribution is 5.90. The molecule has 2 aromatic carbocycles. The van der Waals surface area contributed by atoms with Crippen LogP contribution in [0.4, 0.5) is 25.1 Å². The molecule has 0 spiro atoms. The molecule has 41 heavy (non-hydrogen) atoms. The number of methoxy groups -OCH3 is 2. The number of hydrogen-bond acceptors (Lipinski definition) is 11. The minimum Gasteiger partial charge on any atom is -0.497 e. The van der Waals surface area contributed by atoms with Crippen molar-refractivity contribution in [3.63, 3.8) is 0 Å². The first-order chi connectivity index (χ1) is 19.6.